The van der Waals surface area contributed by atoms with Crippen LogP contribution in [0.15, 0.2) is 0 Å². The largest absolute Gasteiger partial charge is 0.480 e. The first-order chi connectivity index (χ1) is 19.0. The van der Waals surface area contributed by atoms with Gasteiger partial charge in [-0.15, -0.1) is 0 Å². The van der Waals surface area contributed by atoms with Gasteiger partial charge in [-0.25, -0.2) is 0 Å². The molecule has 4 N–H and O–H groups in total. The van der Waals surface area contributed by atoms with Gasteiger partial charge < -0.3 is 20.8 Å². The molecule has 0 aromatic carbocycles. The summed E-state index contributed by atoms with van der Waals surface area (Å²) in [5.41, 5.74) is -0.295. The first kappa shape index (κ1) is 27.9. The van der Waals surface area contributed by atoms with Gasteiger partial charge in [0.1, 0.15) is 0 Å². The van der Waals surface area contributed by atoms with Crippen molar-refractivity contribution < 1.29 is 29.4 Å². The molecule has 8 saturated carbocycles. The highest BCUT2D eigenvalue weighted by molar-refractivity contribution is 5.80. The zero-order valence-corrected chi connectivity index (χ0v) is 23.6. The second kappa shape index (κ2) is 10.9. The lowest BCUT2D eigenvalue weighted by Crippen LogP contribution is -2.61. The first-order valence-electron chi connectivity index (χ1n) is 15.5. The Bertz CT molecular complexity index is 879. The van der Waals surface area contributed by atoms with Gasteiger partial charge in [0.25, 0.3) is 0 Å². The summed E-state index contributed by atoms with van der Waals surface area (Å²) in [5.74, 6) is 1.75. The molecule has 0 unspecified atom stereocenters. The fourth-order valence-electron chi connectivity index (χ4n) is 10.7. The van der Waals surface area contributed by atoms with Crippen LogP contribution in [-0.4, -0.2) is 94.1 Å². The van der Waals surface area contributed by atoms with Gasteiger partial charge in [0, 0.05) is 24.2 Å². The van der Waals surface area contributed by atoms with Gasteiger partial charge in [0.15, 0.2) is 0 Å². The van der Waals surface area contributed by atoms with Crippen molar-refractivity contribution in [3.05, 3.63) is 0 Å². The van der Waals surface area contributed by atoms with E-state index in [1.54, 1.807) is 9.80 Å². The fraction of sp³-hybridized carbons (Fsp3) is 0.867. The van der Waals surface area contributed by atoms with E-state index in [0.717, 1.165) is 38.5 Å². The molecule has 40 heavy (non-hydrogen) atoms. The molecule has 2 amide bonds. The number of carbonyl (C=O) groups is 4. The van der Waals surface area contributed by atoms with Crippen LogP contribution in [-0.2, 0) is 19.2 Å². The van der Waals surface area contributed by atoms with E-state index in [0.29, 0.717) is 35.5 Å². The molecule has 0 aromatic rings. The van der Waals surface area contributed by atoms with Gasteiger partial charge >= 0.3 is 11.9 Å². The normalized spacial score (nSPS) is 38.6. The summed E-state index contributed by atoms with van der Waals surface area (Å²) in [7, 11) is 0. The van der Waals surface area contributed by atoms with Crippen LogP contribution in [0.2, 0.25) is 0 Å². The van der Waals surface area contributed by atoms with E-state index in [2.05, 4.69) is 10.6 Å². The Morgan fingerprint density at radius 2 is 0.800 bits per heavy atom. The summed E-state index contributed by atoms with van der Waals surface area (Å²) in [6, 6.07) is 0. The Morgan fingerprint density at radius 1 is 0.525 bits per heavy atom. The average Bonchev–Trinajstić information content (AvgIpc) is 2.79. The van der Waals surface area contributed by atoms with Crippen molar-refractivity contribution in [1.29, 1.82) is 0 Å². The highest BCUT2D eigenvalue weighted by Gasteiger charge is 2.52. The predicted octanol–water partition coefficient (Wildman–Crippen LogP) is 1.93. The highest BCUT2D eigenvalue weighted by Crippen LogP contribution is 2.56. The molecule has 8 rings (SSSR count). The first-order valence-corrected chi connectivity index (χ1v) is 15.5. The van der Waals surface area contributed by atoms with E-state index in [9.17, 15) is 29.4 Å². The SMILES string of the molecule is O=C(O)CN(CCN(CC(=O)O)CC(=O)NC12CC3CC(CC(C3)C1)C2)CC(=O)NC12CC3CC(CC(C3)C1)C2. The summed E-state index contributed by atoms with van der Waals surface area (Å²) < 4.78 is 0. The minimum absolute atomic E-state index is 0.0472. The van der Waals surface area contributed by atoms with Crippen LogP contribution in [0.5, 0.6) is 0 Å². The number of carboxylic acids is 2. The topological polar surface area (TPSA) is 139 Å². The summed E-state index contributed by atoms with van der Waals surface area (Å²) in [4.78, 5) is 52.6. The third kappa shape index (κ3) is 6.32. The summed E-state index contributed by atoms with van der Waals surface area (Å²) in [6.45, 7) is -0.330. The summed E-state index contributed by atoms with van der Waals surface area (Å²) in [6.07, 6.45) is 13.8. The van der Waals surface area contributed by atoms with Gasteiger partial charge in [-0.05, 0) is 113 Å². The van der Waals surface area contributed by atoms with Crippen LogP contribution >= 0.6 is 0 Å². The van der Waals surface area contributed by atoms with Crippen molar-refractivity contribution in [3.63, 3.8) is 0 Å². The molecule has 0 atom stereocenters. The molecule has 222 valence electrons. The second-order valence-corrected chi connectivity index (χ2v) is 14.7. The fourth-order valence-corrected chi connectivity index (χ4v) is 10.7. The summed E-state index contributed by atoms with van der Waals surface area (Å²) >= 11 is 0. The number of amides is 2. The number of carbonyl (C=O) groups excluding carboxylic acids is 2. The lowest BCUT2D eigenvalue weighted by molar-refractivity contribution is -0.141. The molecule has 10 nitrogen and oxygen atoms in total. The van der Waals surface area contributed by atoms with Gasteiger partial charge in [-0.1, -0.05) is 0 Å². The van der Waals surface area contributed by atoms with Crippen molar-refractivity contribution in [2.24, 2.45) is 35.5 Å². The minimum Gasteiger partial charge on any atom is -0.480 e. The molecule has 0 aliphatic heterocycles. The summed E-state index contributed by atoms with van der Waals surface area (Å²) in [5, 5.41) is 25.6. The quantitative estimate of drug-likeness (QED) is 0.269. The zero-order valence-electron chi connectivity index (χ0n) is 23.6. The Kier molecular flexibility index (Phi) is 7.61. The minimum atomic E-state index is -1.04. The number of aliphatic carboxylic acids is 2. The van der Waals surface area contributed by atoms with Crippen molar-refractivity contribution in [3.8, 4) is 0 Å². The van der Waals surface area contributed by atoms with Gasteiger partial charge in [-0.3, -0.25) is 29.0 Å². The number of rotatable bonds is 13. The molecular formula is C30H46N4O6. The highest BCUT2D eigenvalue weighted by atomic mass is 16.4. The maximum Gasteiger partial charge on any atom is 0.317 e. The van der Waals surface area contributed by atoms with Crippen LogP contribution < -0.4 is 10.6 Å². The Balaban J connectivity index is 1.03. The van der Waals surface area contributed by atoms with E-state index in [4.69, 9.17) is 0 Å². The van der Waals surface area contributed by atoms with Gasteiger partial charge in [0.05, 0.1) is 26.2 Å². The number of nitrogens with one attached hydrogen (secondary N) is 2. The Morgan fingerprint density at radius 3 is 1.05 bits per heavy atom. The van der Waals surface area contributed by atoms with Crippen molar-refractivity contribution >= 4 is 23.8 Å². The van der Waals surface area contributed by atoms with Gasteiger partial charge in [0.2, 0.25) is 11.8 Å². The third-order valence-electron chi connectivity index (χ3n) is 11.1. The number of nitrogens with zero attached hydrogens (tertiary/aromatic N) is 2. The molecule has 10 heteroatoms. The van der Waals surface area contributed by atoms with Crippen LogP contribution in [0.4, 0.5) is 0 Å². The maximum atomic E-state index is 13.2. The molecule has 8 aliphatic rings. The van der Waals surface area contributed by atoms with Crippen molar-refractivity contribution in [2.45, 2.75) is 88.1 Å². The Hall–Kier alpha value is -2.20. The van der Waals surface area contributed by atoms with E-state index in [-0.39, 0.29) is 62.2 Å². The van der Waals surface area contributed by atoms with E-state index in [1.165, 1.54) is 38.5 Å². The lowest BCUT2D eigenvalue weighted by Gasteiger charge is -2.57. The van der Waals surface area contributed by atoms with Crippen molar-refractivity contribution in [1.82, 2.24) is 20.4 Å². The van der Waals surface area contributed by atoms with E-state index >= 15 is 0 Å². The maximum absolute atomic E-state index is 13.2. The molecule has 8 bridgehead atoms. The molecule has 0 heterocycles. The average molecular weight is 559 g/mol. The number of hydrogen-bond acceptors (Lipinski definition) is 6. The molecular weight excluding hydrogens is 512 g/mol. The van der Waals surface area contributed by atoms with Crippen LogP contribution in [0.25, 0.3) is 0 Å². The number of carboxylic acid groups (broad SMARTS) is 2. The van der Waals surface area contributed by atoms with Crippen LogP contribution in [0.1, 0.15) is 77.0 Å². The monoisotopic (exact) mass is 558 g/mol. The zero-order chi connectivity index (χ0) is 28.1. The van der Waals surface area contributed by atoms with Crippen LogP contribution in [0, 0.1) is 35.5 Å². The smallest absolute Gasteiger partial charge is 0.317 e. The van der Waals surface area contributed by atoms with E-state index in [1.807, 2.05) is 0 Å². The van der Waals surface area contributed by atoms with Crippen LogP contribution in [0.3, 0.4) is 0 Å². The second-order valence-electron chi connectivity index (χ2n) is 14.7. The van der Waals surface area contributed by atoms with E-state index < -0.39 is 11.9 Å². The molecule has 0 radical (unpaired) electrons. The molecule has 0 aromatic heterocycles. The van der Waals surface area contributed by atoms with Crippen molar-refractivity contribution in [2.75, 3.05) is 39.3 Å². The molecule has 8 aliphatic carbocycles. The Labute approximate surface area is 236 Å². The number of hydrogen-bond donors (Lipinski definition) is 4. The predicted molar refractivity (Wildman–Crippen MR) is 146 cm³/mol. The molecule has 0 spiro atoms. The molecule has 0 saturated heterocycles. The molecule has 8 fully saturated rings. The van der Waals surface area contributed by atoms with Gasteiger partial charge in [-0.2, -0.15) is 0 Å². The third-order valence-corrected chi connectivity index (χ3v) is 11.1. The standard InChI is InChI=1S/C30H46N4O6/c35-25(31-29-9-19-3-20(10-29)5-21(4-19)11-29)15-33(17-27(37)38)1-2-34(18-28(39)40)16-26(36)32-30-12-22-6-23(13-30)8-24(7-22)14-30/h19-24H,1-18H2,(H,31,35)(H,32,36)(H,37,38)(H,39,40). The lowest BCUT2D eigenvalue weighted by atomic mass is 9.53.